The molecule has 3 rings (SSSR count). The van der Waals surface area contributed by atoms with E-state index in [9.17, 15) is 9.59 Å². The van der Waals surface area contributed by atoms with Gasteiger partial charge in [0.05, 0.1) is 0 Å². The lowest BCUT2D eigenvalue weighted by molar-refractivity contribution is -0.120. The molecule has 0 spiro atoms. The fraction of sp³-hybridized carbons (Fsp3) is 0.619. The van der Waals surface area contributed by atoms with E-state index in [1.807, 2.05) is 29.2 Å². The van der Waals surface area contributed by atoms with Gasteiger partial charge in [0.2, 0.25) is 5.91 Å². The molecule has 2 N–H and O–H groups in total. The van der Waals surface area contributed by atoms with Crippen LogP contribution in [-0.4, -0.2) is 29.9 Å². The third-order valence-corrected chi connectivity index (χ3v) is 5.52. The lowest BCUT2D eigenvalue weighted by Crippen LogP contribution is -2.35. The minimum atomic E-state index is -0.0258. The first-order valence-electron chi connectivity index (χ1n) is 10.2. The molecule has 3 amide bonds. The van der Waals surface area contributed by atoms with Crippen LogP contribution >= 0.6 is 0 Å². The predicted octanol–water partition coefficient (Wildman–Crippen LogP) is 5.00. The molecule has 0 aromatic heterocycles. The van der Waals surface area contributed by atoms with E-state index in [1.54, 1.807) is 0 Å². The number of nitrogens with one attached hydrogen (secondary N) is 2. The maximum atomic E-state index is 12.4. The fourth-order valence-corrected chi connectivity index (χ4v) is 3.90. The number of likely N-dealkylation sites (tertiary alicyclic amines) is 1. The summed E-state index contributed by atoms with van der Waals surface area (Å²) in [7, 11) is 0. The monoisotopic (exact) mass is 357 g/mol. The van der Waals surface area contributed by atoms with Crippen molar-refractivity contribution in [3.63, 3.8) is 0 Å². The minimum absolute atomic E-state index is 0.0258. The first kappa shape index (κ1) is 18.7. The second kappa shape index (κ2) is 9.60. The maximum absolute atomic E-state index is 12.4. The predicted molar refractivity (Wildman–Crippen MR) is 105 cm³/mol. The minimum Gasteiger partial charge on any atom is -0.326 e. The van der Waals surface area contributed by atoms with E-state index in [-0.39, 0.29) is 17.9 Å². The van der Waals surface area contributed by atoms with Crippen molar-refractivity contribution in [3.8, 4) is 0 Å². The Morgan fingerprint density at radius 2 is 1.23 bits per heavy atom. The Bertz CT molecular complexity index is 531. The number of benzene rings is 1. The number of amides is 3. The van der Waals surface area contributed by atoms with E-state index in [1.165, 1.54) is 25.7 Å². The summed E-state index contributed by atoms with van der Waals surface area (Å²) in [6.07, 6.45) is 11.4. The van der Waals surface area contributed by atoms with Gasteiger partial charge in [0.15, 0.2) is 0 Å². The molecule has 0 bridgehead atoms. The summed E-state index contributed by atoms with van der Waals surface area (Å²) in [4.78, 5) is 26.7. The Morgan fingerprint density at radius 3 is 1.81 bits per heavy atom. The third kappa shape index (κ3) is 5.48. The number of nitrogens with zero attached hydrogens (tertiary/aromatic N) is 1. The molecule has 0 atom stereocenters. The van der Waals surface area contributed by atoms with Crippen LogP contribution in [0.5, 0.6) is 0 Å². The number of hydrogen-bond acceptors (Lipinski definition) is 2. The molecule has 1 aromatic carbocycles. The third-order valence-electron chi connectivity index (χ3n) is 5.52. The highest BCUT2D eigenvalue weighted by Crippen LogP contribution is 2.24. The normalized spacial score (nSPS) is 19.3. The highest BCUT2D eigenvalue weighted by Gasteiger charge is 2.20. The summed E-state index contributed by atoms with van der Waals surface area (Å²) in [5, 5.41) is 6.00. The molecule has 1 aliphatic heterocycles. The van der Waals surface area contributed by atoms with Crippen molar-refractivity contribution in [3.05, 3.63) is 24.3 Å². The standard InChI is InChI=1S/C21H31N3O2/c25-20(17-9-5-1-2-6-10-17)22-18-11-13-19(14-12-18)23-21(26)24-15-7-3-4-8-16-24/h11-14,17H,1-10,15-16H2,(H,22,25)(H,23,26). The molecule has 1 saturated heterocycles. The van der Waals surface area contributed by atoms with Crippen LogP contribution in [0, 0.1) is 5.92 Å². The molecule has 0 radical (unpaired) electrons. The average Bonchev–Trinajstić information content (AvgIpc) is 3.08. The summed E-state index contributed by atoms with van der Waals surface area (Å²) in [6.45, 7) is 1.67. The number of urea groups is 1. The molecule has 142 valence electrons. The van der Waals surface area contributed by atoms with Crippen molar-refractivity contribution in [1.82, 2.24) is 4.90 Å². The van der Waals surface area contributed by atoms with Gasteiger partial charge in [-0.3, -0.25) is 4.79 Å². The zero-order valence-corrected chi connectivity index (χ0v) is 15.6. The summed E-state index contributed by atoms with van der Waals surface area (Å²) >= 11 is 0. The first-order valence-corrected chi connectivity index (χ1v) is 10.2. The average molecular weight is 357 g/mol. The van der Waals surface area contributed by atoms with E-state index < -0.39 is 0 Å². The van der Waals surface area contributed by atoms with Gasteiger partial charge in [0, 0.05) is 30.4 Å². The van der Waals surface area contributed by atoms with Crippen LogP contribution in [0.25, 0.3) is 0 Å². The van der Waals surface area contributed by atoms with Gasteiger partial charge in [0.1, 0.15) is 0 Å². The number of hydrogen-bond donors (Lipinski definition) is 2. The van der Waals surface area contributed by atoms with Gasteiger partial charge < -0.3 is 15.5 Å². The maximum Gasteiger partial charge on any atom is 0.321 e. The first-order chi connectivity index (χ1) is 12.7. The molecular formula is C21H31N3O2. The second-order valence-corrected chi connectivity index (χ2v) is 7.59. The SMILES string of the molecule is O=C(Nc1ccc(NC(=O)N2CCCCCC2)cc1)C1CCCCCC1. The Kier molecular flexibility index (Phi) is 6.92. The van der Waals surface area contributed by atoms with Crippen molar-refractivity contribution < 1.29 is 9.59 Å². The summed E-state index contributed by atoms with van der Waals surface area (Å²) in [5.74, 6) is 0.271. The van der Waals surface area contributed by atoms with Gasteiger partial charge >= 0.3 is 6.03 Å². The lowest BCUT2D eigenvalue weighted by Gasteiger charge is -2.21. The number of anilines is 2. The van der Waals surface area contributed by atoms with E-state index in [2.05, 4.69) is 10.6 Å². The topological polar surface area (TPSA) is 61.4 Å². The second-order valence-electron chi connectivity index (χ2n) is 7.59. The van der Waals surface area contributed by atoms with Crippen LogP contribution in [0.2, 0.25) is 0 Å². The quantitative estimate of drug-likeness (QED) is 0.748. The molecule has 2 fully saturated rings. The Labute approximate surface area is 156 Å². The van der Waals surface area contributed by atoms with Crippen LogP contribution in [-0.2, 0) is 4.79 Å². The van der Waals surface area contributed by atoms with E-state index in [0.29, 0.717) is 0 Å². The van der Waals surface area contributed by atoms with Crippen LogP contribution in [0.1, 0.15) is 64.2 Å². The van der Waals surface area contributed by atoms with Gasteiger partial charge in [-0.25, -0.2) is 4.79 Å². The summed E-state index contributed by atoms with van der Waals surface area (Å²) < 4.78 is 0. The molecular weight excluding hydrogens is 326 g/mol. The molecule has 1 aromatic rings. The molecule has 26 heavy (non-hydrogen) atoms. The van der Waals surface area contributed by atoms with Crippen LogP contribution < -0.4 is 10.6 Å². The van der Waals surface area contributed by atoms with E-state index in [0.717, 1.165) is 63.0 Å². The largest absolute Gasteiger partial charge is 0.326 e. The Morgan fingerprint density at radius 1 is 0.731 bits per heavy atom. The molecule has 0 unspecified atom stereocenters. The molecule has 1 heterocycles. The van der Waals surface area contributed by atoms with E-state index in [4.69, 9.17) is 0 Å². The van der Waals surface area contributed by atoms with Crippen LogP contribution in [0.3, 0.4) is 0 Å². The molecule has 1 saturated carbocycles. The molecule has 5 nitrogen and oxygen atoms in total. The van der Waals surface area contributed by atoms with Crippen molar-refractivity contribution in [2.24, 2.45) is 5.92 Å². The van der Waals surface area contributed by atoms with Crippen molar-refractivity contribution in [2.75, 3.05) is 23.7 Å². The zero-order valence-electron chi connectivity index (χ0n) is 15.6. The van der Waals surface area contributed by atoms with Gasteiger partial charge in [-0.05, 0) is 49.9 Å². The summed E-state index contributed by atoms with van der Waals surface area (Å²) in [5.41, 5.74) is 1.57. The van der Waals surface area contributed by atoms with Crippen LogP contribution in [0.15, 0.2) is 24.3 Å². The number of carbonyl (C=O) groups is 2. The van der Waals surface area contributed by atoms with Gasteiger partial charge in [0.25, 0.3) is 0 Å². The number of carbonyl (C=O) groups excluding carboxylic acids is 2. The summed E-state index contributed by atoms with van der Waals surface area (Å²) in [6, 6.07) is 7.43. The molecule has 2 aliphatic rings. The van der Waals surface area contributed by atoms with Crippen molar-refractivity contribution >= 4 is 23.3 Å². The van der Waals surface area contributed by atoms with Gasteiger partial charge in [-0.2, -0.15) is 0 Å². The lowest BCUT2D eigenvalue weighted by atomic mass is 9.99. The fourth-order valence-electron chi connectivity index (χ4n) is 3.90. The zero-order chi connectivity index (χ0) is 18.2. The van der Waals surface area contributed by atoms with Gasteiger partial charge in [-0.1, -0.05) is 38.5 Å². The Balaban J connectivity index is 1.51. The Hall–Kier alpha value is -2.04. The highest BCUT2D eigenvalue weighted by molar-refractivity contribution is 5.93. The van der Waals surface area contributed by atoms with Crippen molar-refractivity contribution in [1.29, 1.82) is 0 Å². The van der Waals surface area contributed by atoms with E-state index >= 15 is 0 Å². The highest BCUT2D eigenvalue weighted by atomic mass is 16.2. The van der Waals surface area contributed by atoms with Crippen LogP contribution in [0.4, 0.5) is 16.2 Å². The number of rotatable bonds is 3. The smallest absolute Gasteiger partial charge is 0.321 e. The molecule has 5 heteroatoms. The van der Waals surface area contributed by atoms with Crippen molar-refractivity contribution in [2.45, 2.75) is 64.2 Å². The van der Waals surface area contributed by atoms with Gasteiger partial charge in [-0.15, -0.1) is 0 Å². The molecule has 1 aliphatic carbocycles.